The van der Waals surface area contributed by atoms with Crippen LogP contribution in [0.15, 0.2) is 0 Å². The lowest BCUT2D eigenvalue weighted by Crippen LogP contribution is -2.33. The molecule has 0 aromatic heterocycles. The van der Waals surface area contributed by atoms with Crippen LogP contribution < -0.4 is 5.73 Å². The first kappa shape index (κ1) is 10.9. The minimum absolute atomic E-state index is 0.250. The molecule has 1 fully saturated rings. The van der Waals surface area contributed by atoms with E-state index in [1.165, 1.54) is 0 Å². The topological polar surface area (TPSA) is 63.4 Å². The SMILES string of the molecule is CC(CN)CN1CC(C)CS1(=O)=O. The molecule has 1 aliphatic rings. The van der Waals surface area contributed by atoms with Crippen molar-refractivity contribution in [3.8, 4) is 0 Å². The third kappa shape index (κ3) is 2.65. The van der Waals surface area contributed by atoms with Gasteiger partial charge in [0.2, 0.25) is 10.0 Å². The van der Waals surface area contributed by atoms with Crippen molar-refractivity contribution in [2.45, 2.75) is 13.8 Å². The summed E-state index contributed by atoms with van der Waals surface area (Å²) in [7, 11) is -2.96. The first-order chi connectivity index (χ1) is 5.95. The van der Waals surface area contributed by atoms with Crippen molar-refractivity contribution < 1.29 is 8.42 Å². The van der Waals surface area contributed by atoms with Crippen molar-refractivity contribution in [1.82, 2.24) is 4.31 Å². The van der Waals surface area contributed by atoms with Crippen LogP contribution in [0.25, 0.3) is 0 Å². The molecule has 0 radical (unpaired) electrons. The number of sulfonamides is 1. The van der Waals surface area contributed by atoms with Crippen LogP contribution >= 0.6 is 0 Å². The van der Waals surface area contributed by atoms with Gasteiger partial charge in [-0.2, -0.15) is 0 Å². The second-order valence-corrected chi connectivity index (χ2v) is 6.06. The van der Waals surface area contributed by atoms with Gasteiger partial charge in [-0.1, -0.05) is 13.8 Å². The average molecular weight is 206 g/mol. The third-order valence-corrected chi connectivity index (χ3v) is 4.40. The monoisotopic (exact) mass is 206 g/mol. The molecule has 0 aliphatic carbocycles. The number of hydrogen-bond acceptors (Lipinski definition) is 3. The molecule has 2 N–H and O–H groups in total. The van der Waals surface area contributed by atoms with E-state index in [1.807, 2.05) is 13.8 Å². The summed E-state index contributed by atoms with van der Waals surface area (Å²) in [4.78, 5) is 0. The van der Waals surface area contributed by atoms with Gasteiger partial charge in [-0.3, -0.25) is 0 Å². The zero-order valence-electron chi connectivity index (χ0n) is 8.23. The van der Waals surface area contributed by atoms with Crippen molar-refractivity contribution in [3.63, 3.8) is 0 Å². The Kier molecular flexibility index (Phi) is 3.32. The smallest absolute Gasteiger partial charge is 0.214 e. The van der Waals surface area contributed by atoms with Gasteiger partial charge < -0.3 is 5.73 Å². The summed E-state index contributed by atoms with van der Waals surface area (Å²) in [6.45, 7) is 5.71. The van der Waals surface area contributed by atoms with E-state index in [2.05, 4.69) is 0 Å². The summed E-state index contributed by atoms with van der Waals surface area (Å²) >= 11 is 0. The maximum atomic E-state index is 11.5. The van der Waals surface area contributed by atoms with Crippen molar-refractivity contribution >= 4 is 10.0 Å². The molecule has 1 heterocycles. The van der Waals surface area contributed by atoms with Gasteiger partial charge in [0, 0.05) is 13.1 Å². The van der Waals surface area contributed by atoms with E-state index >= 15 is 0 Å². The van der Waals surface area contributed by atoms with E-state index < -0.39 is 10.0 Å². The first-order valence-corrected chi connectivity index (χ1v) is 6.24. The maximum Gasteiger partial charge on any atom is 0.214 e. The Morgan fingerprint density at radius 2 is 2.23 bits per heavy atom. The van der Waals surface area contributed by atoms with Crippen molar-refractivity contribution in [2.24, 2.45) is 17.6 Å². The second kappa shape index (κ2) is 3.94. The molecule has 0 amide bonds. The molecular weight excluding hydrogens is 188 g/mol. The normalized spacial score (nSPS) is 30.5. The Morgan fingerprint density at radius 3 is 2.62 bits per heavy atom. The molecule has 0 aromatic carbocycles. The largest absolute Gasteiger partial charge is 0.330 e. The van der Waals surface area contributed by atoms with Gasteiger partial charge in [0.05, 0.1) is 5.75 Å². The highest BCUT2D eigenvalue weighted by molar-refractivity contribution is 7.89. The van der Waals surface area contributed by atoms with Gasteiger partial charge in [-0.05, 0) is 18.4 Å². The molecule has 78 valence electrons. The highest BCUT2D eigenvalue weighted by atomic mass is 32.2. The van der Waals surface area contributed by atoms with Crippen LogP contribution in [0.5, 0.6) is 0 Å². The van der Waals surface area contributed by atoms with Crippen LogP contribution in [0, 0.1) is 11.8 Å². The molecule has 2 atom stereocenters. The van der Waals surface area contributed by atoms with Gasteiger partial charge in [-0.15, -0.1) is 0 Å². The lowest BCUT2D eigenvalue weighted by Gasteiger charge is -2.18. The predicted octanol–water partition coefficient (Wildman–Crippen LogP) is -0.137. The summed E-state index contributed by atoms with van der Waals surface area (Å²) in [5.41, 5.74) is 5.45. The molecule has 1 aliphatic heterocycles. The van der Waals surface area contributed by atoms with Crippen LogP contribution in [0.1, 0.15) is 13.8 Å². The lowest BCUT2D eigenvalue weighted by molar-refractivity contribution is 0.360. The molecular formula is C8H18N2O2S. The maximum absolute atomic E-state index is 11.5. The highest BCUT2D eigenvalue weighted by Crippen LogP contribution is 2.19. The fraction of sp³-hybridized carbons (Fsp3) is 1.00. The van der Waals surface area contributed by atoms with Gasteiger partial charge in [0.25, 0.3) is 0 Å². The predicted molar refractivity (Wildman–Crippen MR) is 52.7 cm³/mol. The quantitative estimate of drug-likeness (QED) is 0.699. The Balaban J connectivity index is 2.60. The summed E-state index contributed by atoms with van der Waals surface area (Å²) in [6, 6.07) is 0. The average Bonchev–Trinajstić information content (AvgIpc) is 2.24. The molecule has 0 bridgehead atoms. The zero-order valence-corrected chi connectivity index (χ0v) is 9.05. The standard InChI is InChI=1S/C8H18N2O2S/c1-7(3-9)4-10-5-8(2)6-13(10,11)12/h7-8H,3-6,9H2,1-2H3. The summed E-state index contributed by atoms with van der Waals surface area (Å²) in [6.07, 6.45) is 0. The Morgan fingerprint density at radius 1 is 1.62 bits per heavy atom. The molecule has 0 spiro atoms. The summed E-state index contributed by atoms with van der Waals surface area (Å²) < 4.78 is 24.6. The van der Waals surface area contributed by atoms with Crippen LogP contribution in [0.3, 0.4) is 0 Å². The van der Waals surface area contributed by atoms with E-state index in [-0.39, 0.29) is 11.8 Å². The zero-order chi connectivity index (χ0) is 10.1. The number of nitrogens with zero attached hydrogens (tertiary/aromatic N) is 1. The Labute approximate surface area is 80.1 Å². The fourth-order valence-electron chi connectivity index (χ4n) is 1.59. The first-order valence-electron chi connectivity index (χ1n) is 4.63. The van der Waals surface area contributed by atoms with Crippen molar-refractivity contribution in [3.05, 3.63) is 0 Å². The van der Waals surface area contributed by atoms with Crippen LogP contribution in [-0.2, 0) is 10.0 Å². The van der Waals surface area contributed by atoms with Gasteiger partial charge in [0.1, 0.15) is 0 Å². The summed E-state index contributed by atoms with van der Waals surface area (Å²) in [5, 5.41) is 0. The second-order valence-electron chi connectivity index (χ2n) is 4.04. The number of rotatable bonds is 3. The van der Waals surface area contributed by atoms with Crippen molar-refractivity contribution in [2.75, 3.05) is 25.4 Å². The van der Waals surface area contributed by atoms with E-state index in [4.69, 9.17) is 5.73 Å². The minimum atomic E-state index is -2.96. The fourth-order valence-corrected chi connectivity index (χ4v) is 3.59. The molecule has 2 unspecified atom stereocenters. The van der Waals surface area contributed by atoms with Crippen LogP contribution in [0.4, 0.5) is 0 Å². The van der Waals surface area contributed by atoms with Gasteiger partial charge in [0.15, 0.2) is 0 Å². The van der Waals surface area contributed by atoms with E-state index in [9.17, 15) is 8.42 Å². The molecule has 1 saturated heterocycles. The van der Waals surface area contributed by atoms with Crippen LogP contribution in [0.2, 0.25) is 0 Å². The Hall–Kier alpha value is -0.130. The van der Waals surface area contributed by atoms with E-state index in [0.717, 1.165) is 0 Å². The highest BCUT2D eigenvalue weighted by Gasteiger charge is 2.33. The van der Waals surface area contributed by atoms with Crippen LogP contribution in [-0.4, -0.2) is 38.1 Å². The van der Waals surface area contributed by atoms with E-state index in [0.29, 0.717) is 25.4 Å². The van der Waals surface area contributed by atoms with Gasteiger partial charge >= 0.3 is 0 Å². The molecule has 13 heavy (non-hydrogen) atoms. The van der Waals surface area contributed by atoms with Crippen molar-refractivity contribution in [1.29, 1.82) is 0 Å². The third-order valence-electron chi connectivity index (χ3n) is 2.32. The number of hydrogen-bond donors (Lipinski definition) is 1. The van der Waals surface area contributed by atoms with E-state index in [1.54, 1.807) is 4.31 Å². The van der Waals surface area contributed by atoms with Gasteiger partial charge in [-0.25, -0.2) is 12.7 Å². The Bertz CT molecular complexity index is 263. The lowest BCUT2D eigenvalue weighted by atomic mass is 10.1. The number of nitrogens with two attached hydrogens (primary N) is 1. The molecule has 1 rings (SSSR count). The molecule has 4 nitrogen and oxygen atoms in total. The summed E-state index contributed by atoms with van der Waals surface area (Å²) in [5.74, 6) is 0.805. The molecule has 0 saturated carbocycles. The molecule has 5 heteroatoms. The minimum Gasteiger partial charge on any atom is -0.330 e. The molecule has 0 aromatic rings.